The molecule has 0 bridgehead atoms. The van der Waals surface area contributed by atoms with E-state index < -0.39 is 0 Å². The number of amides is 1. The van der Waals surface area contributed by atoms with Gasteiger partial charge < -0.3 is 10.1 Å². The fraction of sp³-hybridized carbons (Fsp3) is 0.150. The van der Waals surface area contributed by atoms with Crippen LogP contribution in [0.4, 0.5) is 5.69 Å². The summed E-state index contributed by atoms with van der Waals surface area (Å²) in [7, 11) is 0. The quantitative estimate of drug-likeness (QED) is 0.766. The van der Waals surface area contributed by atoms with E-state index in [1.54, 1.807) is 12.1 Å². The molecule has 5 nitrogen and oxygen atoms in total. The molecule has 3 aromatic rings. The number of rotatable bonds is 4. The van der Waals surface area contributed by atoms with Crippen LogP contribution in [0.25, 0.3) is 0 Å². The lowest BCUT2D eigenvalue weighted by molar-refractivity contribution is 0.102. The van der Waals surface area contributed by atoms with Crippen molar-refractivity contribution in [3.8, 4) is 11.6 Å². The molecule has 5 heteroatoms. The first-order valence-corrected chi connectivity index (χ1v) is 7.98. The molecule has 0 aliphatic rings. The van der Waals surface area contributed by atoms with E-state index in [4.69, 9.17) is 4.74 Å². The molecular weight excluding hydrogens is 314 g/mol. The second-order valence-corrected chi connectivity index (χ2v) is 5.80. The maximum Gasteiger partial charge on any atom is 0.257 e. The molecule has 3 rings (SSSR count). The summed E-state index contributed by atoms with van der Waals surface area (Å²) >= 11 is 0. The van der Waals surface area contributed by atoms with Gasteiger partial charge in [0.15, 0.2) is 0 Å². The topological polar surface area (TPSA) is 64.1 Å². The predicted molar refractivity (Wildman–Crippen MR) is 97.2 cm³/mol. The zero-order valence-electron chi connectivity index (χ0n) is 14.4. The smallest absolute Gasteiger partial charge is 0.257 e. The molecule has 1 aromatic carbocycles. The largest absolute Gasteiger partial charge is 0.439 e. The normalized spacial score (nSPS) is 10.4. The third-order valence-electron chi connectivity index (χ3n) is 3.73. The molecule has 0 unspecified atom stereocenters. The summed E-state index contributed by atoms with van der Waals surface area (Å²) in [4.78, 5) is 21.0. The van der Waals surface area contributed by atoms with E-state index in [1.807, 2.05) is 57.2 Å². The Labute approximate surface area is 146 Å². The number of hydrogen-bond acceptors (Lipinski definition) is 4. The van der Waals surface area contributed by atoms with E-state index in [0.717, 1.165) is 22.6 Å². The van der Waals surface area contributed by atoms with Crippen LogP contribution >= 0.6 is 0 Å². The number of nitrogens with zero attached hydrogens (tertiary/aromatic N) is 2. The number of carbonyl (C=O) groups is 1. The van der Waals surface area contributed by atoms with Gasteiger partial charge in [-0.1, -0.05) is 18.2 Å². The van der Waals surface area contributed by atoms with Gasteiger partial charge in [-0.05, 0) is 50.6 Å². The molecule has 0 atom stereocenters. The summed E-state index contributed by atoms with van der Waals surface area (Å²) in [5.74, 6) is 0.909. The van der Waals surface area contributed by atoms with Crippen molar-refractivity contribution in [3.63, 3.8) is 0 Å². The summed E-state index contributed by atoms with van der Waals surface area (Å²) in [6.07, 6.45) is 1.50. The van der Waals surface area contributed by atoms with Gasteiger partial charge in [-0.15, -0.1) is 0 Å². The van der Waals surface area contributed by atoms with Crippen LogP contribution in [-0.4, -0.2) is 15.9 Å². The average Bonchev–Trinajstić information content (AvgIpc) is 2.59. The van der Waals surface area contributed by atoms with E-state index in [-0.39, 0.29) is 5.91 Å². The molecule has 0 saturated heterocycles. The van der Waals surface area contributed by atoms with Crippen LogP contribution in [0.3, 0.4) is 0 Å². The van der Waals surface area contributed by atoms with Gasteiger partial charge in [0.1, 0.15) is 5.75 Å². The fourth-order valence-corrected chi connectivity index (χ4v) is 2.58. The van der Waals surface area contributed by atoms with Crippen molar-refractivity contribution in [1.82, 2.24) is 9.97 Å². The Balaban J connectivity index is 1.73. The van der Waals surface area contributed by atoms with Crippen molar-refractivity contribution in [1.29, 1.82) is 0 Å². The highest BCUT2D eigenvalue weighted by molar-refractivity contribution is 6.04. The zero-order valence-corrected chi connectivity index (χ0v) is 14.4. The first-order valence-electron chi connectivity index (χ1n) is 7.98. The summed E-state index contributed by atoms with van der Waals surface area (Å²) in [6.45, 7) is 5.76. The molecule has 1 amide bonds. The Morgan fingerprint density at radius 1 is 1.04 bits per heavy atom. The van der Waals surface area contributed by atoms with E-state index in [9.17, 15) is 4.79 Å². The van der Waals surface area contributed by atoms with E-state index in [1.165, 1.54) is 6.20 Å². The number of pyridine rings is 2. The minimum atomic E-state index is -0.226. The molecule has 0 aliphatic heterocycles. The highest BCUT2D eigenvalue weighted by Crippen LogP contribution is 2.21. The lowest BCUT2D eigenvalue weighted by atomic mass is 10.1. The lowest BCUT2D eigenvalue weighted by Crippen LogP contribution is -2.15. The molecule has 0 saturated carbocycles. The van der Waals surface area contributed by atoms with Crippen molar-refractivity contribution < 1.29 is 9.53 Å². The molecule has 2 heterocycles. The number of anilines is 1. The molecule has 0 spiro atoms. The number of para-hydroxylation sites is 1. The summed E-state index contributed by atoms with van der Waals surface area (Å²) in [5, 5.41) is 2.91. The first-order chi connectivity index (χ1) is 12.0. The number of aromatic nitrogens is 2. The van der Waals surface area contributed by atoms with Gasteiger partial charge in [-0.3, -0.25) is 9.78 Å². The van der Waals surface area contributed by atoms with Crippen molar-refractivity contribution in [3.05, 3.63) is 77.2 Å². The number of nitrogens with one attached hydrogen (secondary N) is 1. The predicted octanol–water partition coefficient (Wildman–Crippen LogP) is 4.45. The lowest BCUT2D eigenvalue weighted by Gasteiger charge is -2.12. The molecule has 25 heavy (non-hydrogen) atoms. The van der Waals surface area contributed by atoms with Crippen molar-refractivity contribution >= 4 is 11.6 Å². The second-order valence-electron chi connectivity index (χ2n) is 5.80. The minimum Gasteiger partial charge on any atom is -0.439 e. The van der Waals surface area contributed by atoms with Gasteiger partial charge in [0.25, 0.3) is 5.91 Å². The standard InChI is InChI=1S/C20H19N3O2/c1-13-11-14(2)22-15(3)19(13)23-20(24)16-9-10-18(21-12-16)25-17-7-5-4-6-8-17/h4-12H,1-3H3,(H,23,24). The number of benzene rings is 1. The Bertz CT molecular complexity index is 868. The molecule has 0 radical (unpaired) electrons. The van der Waals surface area contributed by atoms with E-state index in [2.05, 4.69) is 15.3 Å². The minimum absolute atomic E-state index is 0.226. The van der Waals surface area contributed by atoms with Crippen LogP contribution in [0.1, 0.15) is 27.3 Å². The SMILES string of the molecule is Cc1cc(C)c(NC(=O)c2ccc(Oc3ccccc3)nc2)c(C)n1. The van der Waals surface area contributed by atoms with Crippen LogP contribution in [-0.2, 0) is 0 Å². The Morgan fingerprint density at radius 2 is 1.80 bits per heavy atom. The third kappa shape index (κ3) is 4.01. The maximum atomic E-state index is 12.5. The van der Waals surface area contributed by atoms with Gasteiger partial charge in [0.05, 0.1) is 16.9 Å². The summed E-state index contributed by atoms with van der Waals surface area (Å²) in [6, 6.07) is 14.7. The highest BCUT2D eigenvalue weighted by Gasteiger charge is 2.12. The van der Waals surface area contributed by atoms with Gasteiger partial charge in [0, 0.05) is 18.0 Å². The van der Waals surface area contributed by atoms with E-state index in [0.29, 0.717) is 17.2 Å². The molecule has 0 fully saturated rings. The molecule has 0 aliphatic carbocycles. The Hall–Kier alpha value is -3.21. The van der Waals surface area contributed by atoms with Crippen LogP contribution in [0, 0.1) is 20.8 Å². The fourth-order valence-electron chi connectivity index (χ4n) is 2.58. The maximum absolute atomic E-state index is 12.5. The second kappa shape index (κ2) is 7.13. The van der Waals surface area contributed by atoms with Crippen LogP contribution in [0.15, 0.2) is 54.7 Å². The number of carbonyl (C=O) groups excluding carboxylic acids is 1. The molecule has 2 aromatic heterocycles. The van der Waals surface area contributed by atoms with Crippen LogP contribution < -0.4 is 10.1 Å². The summed E-state index contributed by atoms with van der Waals surface area (Å²) < 4.78 is 5.63. The van der Waals surface area contributed by atoms with Gasteiger partial charge in [0.2, 0.25) is 5.88 Å². The molecule has 1 N–H and O–H groups in total. The van der Waals surface area contributed by atoms with Gasteiger partial charge in [-0.2, -0.15) is 0 Å². The Kier molecular flexibility index (Phi) is 4.75. The first kappa shape index (κ1) is 16.6. The van der Waals surface area contributed by atoms with Crippen molar-refractivity contribution in [2.75, 3.05) is 5.32 Å². The highest BCUT2D eigenvalue weighted by atomic mass is 16.5. The van der Waals surface area contributed by atoms with Crippen molar-refractivity contribution in [2.45, 2.75) is 20.8 Å². The summed E-state index contributed by atoms with van der Waals surface area (Å²) in [5.41, 5.74) is 3.90. The van der Waals surface area contributed by atoms with Crippen LogP contribution in [0.2, 0.25) is 0 Å². The number of hydrogen-bond donors (Lipinski definition) is 1. The zero-order chi connectivity index (χ0) is 17.8. The van der Waals surface area contributed by atoms with Crippen LogP contribution in [0.5, 0.6) is 11.6 Å². The average molecular weight is 333 g/mol. The van der Waals surface area contributed by atoms with Crippen molar-refractivity contribution in [2.24, 2.45) is 0 Å². The van der Waals surface area contributed by atoms with Gasteiger partial charge in [-0.25, -0.2) is 4.98 Å². The molecule has 126 valence electrons. The Morgan fingerprint density at radius 3 is 2.44 bits per heavy atom. The molecular formula is C20H19N3O2. The third-order valence-corrected chi connectivity index (χ3v) is 3.73. The number of ether oxygens (including phenoxy) is 1. The monoisotopic (exact) mass is 333 g/mol. The van der Waals surface area contributed by atoms with E-state index >= 15 is 0 Å². The van der Waals surface area contributed by atoms with Gasteiger partial charge >= 0.3 is 0 Å². The number of aryl methyl sites for hydroxylation is 3.